The zero-order valence-electron chi connectivity index (χ0n) is 17.0. The number of piperidine rings is 1. The number of carbonyl (C=O) groups excluding carboxylic acids is 2. The maximum Gasteiger partial charge on any atom is 0.410 e. The molecule has 1 aromatic rings. The number of halogens is 1. The Balaban J connectivity index is 1.65. The number of hydrogen-bond donors (Lipinski definition) is 3. The highest BCUT2D eigenvalue weighted by Gasteiger charge is 2.42. The smallest absolute Gasteiger partial charge is 0.410 e. The molecule has 3 rings (SSSR count). The van der Waals surface area contributed by atoms with Crippen LogP contribution in [0.1, 0.15) is 39.2 Å². The minimum atomic E-state index is -1.35. The van der Waals surface area contributed by atoms with E-state index in [2.05, 4.69) is 5.32 Å². The van der Waals surface area contributed by atoms with Crippen LogP contribution in [0.15, 0.2) is 12.1 Å². The number of anilines is 1. The molecule has 4 N–H and O–H groups in total. The number of nitrogens with zero attached hydrogens (tertiary/aromatic N) is 1. The van der Waals surface area contributed by atoms with E-state index in [-0.39, 0.29) is 44.1 Å². The minimum Gasteiger partial charge on any atom is -0.490 e. The van der Waals surface area contributed by atoms with Crippen LogP contribution in [0.4, 0.5) is 14.9 Å². The van der Waals surface area contributed by atoms with Crippen LogP contribution >= 0.6 is 0 Å². The van der Waals surface area contributed by atoms with Crippen molar-refractivity contribution in [2.24, 2.45) is 5.73 Å². The number of nitrogens with one attached hydrogen (secondary N) is 1. The van der Waals surface area contributed by atoms with Gasteiger partial charge in [0.15, 0.2) is 0 Å². The number of nitrogens with two attached hydrogens (primary N) is 1. The van der Waals surface area contributed by atoms with Crippen molar-refractivity contribution in [1.82, 2.24) is 4.90 Å². The minimum absolute atomic E-state index is 0.109. The van der Waals surface area contributed by atoms with Crippen LogP contribution in [0.25, 0.3) is 0 Å². The fraction of sp³-hybridized carbons (Fsp3) is 0.600. The highest BCUT2D eigenvalue weighted by atomic mass is 19.1. The molecule has 0 spiro atoms. The predicted octanol–water partition coefficient (Wildman–Crippen LogP) is 1.79. The van der Waals surface area contributed by atoms with E-state index in [0.717, 1.165) is 0 Å². The van der Waals surface area contributed by atoms with Crippen molar-refractivity contribution < 1.29 is 28.6 Å². The predicted molar refractivity (Wildman–Crippen MR) is 104 cm³/mol. The summed E-state index contributed by atoms with van der Waals surface area (Å²) in [4.78, 5) is 25.2. The molecular formula is C20H28FN3O5. The number of aliphatic hydroxyl groups is 1. The Kier molecular flexibility index (Phi) is 5.73. The molecule has 160 valence electrons. The van der Waals surface area contributed by atoms with Gasteiger partial charge in [0.1, 0.15) is 29.4 Å². The van der Waals surface area contributed by atoms with Crippen LogP contribution in [0.2, 0.25) is 0 Å². The molecule has 2 aliphatic rings. The molecule has 1 saturated heterocycles. The van der Waals surface area contributed by atoms with E-state index < -0.39 is 29.2 Å². The first-order chi connectivity index (χ1) is 13.5. The fourth-order valence-electron chi connectivity index (χ4n) is 3.45. The van der Waals surface area contributed by atoms with E-state index in [9.17, 15) is 19.1 Å². The number of fused-ring (bicyclic) bond motifs is 1. The van der Waals surface area contributed by atoms with Crippen molar-refractivity contribution in [2.75, 3.05) is 25.0 Å². The summed E-state index contributed by atoms with van der Waals surface area (Å²) < 4.78 is 25.2. The van der Waals surface area contributed by atoms with Crippen molar-refractivity contribution >= 4 is 17.7 Å². The lowest BCUT2D eigenvalue weighted by molar-refractivity contribution is -0.116. The number of ether oxygens (including phenoxy) is 2. The molecule has 0 aliphatic carbocycles. The molecule has 2 amide bonds. The average Bonchev–Trinajstić information content (AvgIpc) is 2.62. The SMILES string of the molecule is CC(C)(C)OC(=O)N1CC[C@](O)(COc2ccc(F)c3c2CCC(=O)N3)[C@H](N)C1. The fourth-order valence-corrected chi connectivity index (χ4v) is 3.45. The summed E-state index contributed by atoms with van der Waals surface area (Å²) >= 11 is 0. The Morgan fingerprint density at radius 2 is 2.14 bits per heavy atom. The zero-order chi connectivity index (χ0) is 21.4. The summed E-state index contributed by atoms with van der Waals surface area (Å²) in [5.41, 5.74) is 4.87. The molecule has 2 heterocycles. The van der Waals surface area contributed by atoms with E-state index in [1.807, 2.05) is 0 Å². The van der Waals surface area contributed by atoms with Crippen molar-refractivity contribution in [3.05, 3.63) is 23.5 Å². The van der Waals surface area contributed by atoms with Crippen LogP contribution in [-0.2, 0) is 16.0 Å². The molecule has 8 nitrogen and oxygen atoms in total. The number of carbonyl (C=O) groups is 2. The van der Waals surface area contributed by atoms with Crippen LogP contribution in [0, 0.1) is 5.82 Å². The Hall–Kier alpha value is -2.39. The van der Waals surface area contributed by atoms with Gasteiger partial charge in [-0.1, -0.05) is 0 Å². The summed E-state index contributed by atoms with van der Waals surface area (Å²) in [5, 5.41) is 13.5. The van der Waals surface area contributed by atoms with Crippen LogP contribution in [0.3, 0.4) is 0 Å². The molecule has 9 heteroatoms. The largest absolute Gasteiger partial charge is 0.490 e. The summed E-state index contributed by atoms with van der Waals surface area (Å²) in [6.45, 7) is 5.65. The maximum absolute atomic E-state index is 14.0. The molecule has 29 heavy (non-hydrogen) atoms. The second kappa shape index (κ2) is 7.79. The molecular weight excluding hydrogens is 381 g/mol. The first-order valence-electron chi connectivity index (χ1n) is 9.68. The van der Waals surface area contributed by atoms with Crippen molar-refractivity contribution in [3.63, 3.8) is 0 Å². The highest BCUT2D eigenvalue weighted by Crippen LogP contribution is 2.34. The van der Waals surface area contributed by atoms with Gasteiger partial charge < -0.3 is 30.5 Å². The number of rotatable bonds is 3. The zero-order valence-corrected chi connectivity index (χ0v) is 17.0. The summed E-state index contributed by atoms with van der Waals surface area (Å²) in [6.07, 6.45) is 0.333. The quantitative estimate of drug-likeness (QED) is 0.701. The van der Waals surface area contributed by atoms with Gasteiger partial charge in [0, 0.05) is 25.1 Å². The standard InChI is InChI=1S/C20H28FN3O5/c1-19(2,3)29-18(26)24-9-8-20(27,15(22)10-24)11-28-14-6-5-13(21)17-12(14)4-7-16(25)23-17/h5-6,15,27H,4,7-11,22H2,1-3H3,(H,23,25)/t15-,20+/m1/s1. The van der Waals surface area contributed by atoms with Gasteiger partial charge in [-0.05, 0) is 45.7 Å². The van der Waals surface area contributed by atoms with Crippen LogP contribution < -0.4 is 15.8 Å². The van der Waals surface area contributed by atoms with Gasteiger partial charge >= 0.3 is 6.09 Å². The summed E-state index contributed by atoms with van der Waals surface area (Å²) in [6, 6.07) is 1.96. The van der Waals surface area contributed by atoms with Gasteiger partial charge in [0.05, 0.1) is 11.7 Å². The summed E-state index contributed by atoms with van der Waals surface area (Å²) in [7, 11) is 0. The Morgan fingerprint density at radius 1 is 1.41 bits per heavy atom. The molecule has 1 fully saturated rings. The monoisotopic (exact) mass is 409 g/mol. The topological polar surface area (TPSA) is 114 Å². The third-order valence-electron chi connectivity index (χ3n) is 5.14. The number of hydrogen-bond acceptors (Lipinski definition) is 6. The molecule has 2 atom stereocenters. The Labute approximate surface area is 169 Å². The van der Waals surface area contributed by atoms with Crippen LogP contribution in [0.5, 0.6) is 5.75 Å². The second-order valence-electron chi connectivity index (χ2n) is 8.62. The number of benzene rings is 1. The van der Waals surface area contributed by atoms with Crippen molar-refractivity contribution in [2.45, 2.75) is 57.3 Å². The lowest BCUT2D eigenvalue weighted by atomic mass is 9.88. The van der Waals surface area contributed by atoms with Crippen molar-refractivity contribution in [1.29, 1.82) is 0 Å². The molecule has 1 aromatic carbocycles. The first-order valence-corrected chi connectivity index (χ1v) is 9.68. The Morgan fingerprint density at radius 3 is 2.79 bits per heavy atom. The number of likely N-dealkylation sites (tertiary alicyclic amines) is 1. The normalized spacial score (nSPS) is 24.6. The molecule has 0 unspecified atom stereocenters. The molecule has 0 radical (unpaired) electrons. The van der Waals surface area contributed by atoms with E-state index >= 15 is 0 Å². The summed E-state index contributed by atoms with van der Waals surface area (Å²) in [5.74, 6) is -0.373. The van der Waals surface area contributed by atoms with E-state index in [4.69, 9.17) is 15.2 Å². The molecule has 2 aliphatic heterocycles. The molecule has 0 saturated carbocycles. The number of amides is 2. The van der Waals surface area contributed by atoms with E-state index in [1.54, 1.807) is 20.8 Å². The third kappa shape index (κ3) is 4.79. The van der Waals surface area contributed by atoms with Gasteiger partial charge in [-0.25, -0.2) is 9.18 Å². The first kappa shape index (κ1) is 21.3. The van der Waals surface area contributed by atoms with Gasteiger partial charge in [0.25, 0.3) is 0 Å². The lowest BCUT2D eigenvalue weighted by Gasteiger charge is -2.42. The maximum atomic E-state index is 14.0. The second-order valence-corrected chi connectivity index (χ2v) is 8.62. The van der Waals surface area contributed by atoms with Gasteiger partial charge in [-0.2, -0.15) is 0 Å². The lowest BCUT2D eigenvalue weighted by Crippen LogP contribution is -2.63. The van der Waals surface area contributed by atoms with Gasteiger partial charge in [0.2, 0.25) is 5.91 Å². The van der Waals surface area contributed by atoms with Gasteiger partial charge in [-0.3, -0.25) is 4.79 Å². The average molecular weight is 409 g/mol. The Bertz CT molecular complexity index is 810. The van der Waals surface area contributed by atoms with E-state index in [1.165, 1.54) is 17.0 Å². The van der Waals surface area contributed by atoms with Crippen LogP contribution in [-0.4, -0.2) is 58.9 Å². The molecule has 0 bridgehead atoms. The molecule has 0 aromatic heterocycles. The van der Waals surface area contributed by atoms with Crippen molar-refractivity contribution in [3.8, 4) is 5.75 Å². The van der Waals surface area contributed by atoms with Gasteiger partial charge in [-0.15, -0.1) is 0 Å². The third-order valence-corrected chi connectivity index (χ3v) is 5.14. The van der Waals surface area contributed by atoms with E-state index in [0.29, 0.717) is 17.7 Å². The highest BCUT2D eigenvalue weighted by molar-refractivity contribution is 5.94.